The molecule has 0 spiro atoms. The number of ether oxygens (including phenoxy) is 1. The molecule has 0 aromatic carbocycles. The van der Waals surface area contributed by atoms with Crippen LogP contribution in [0.5, 0.6) is 0 Å². The second-order valence-corrected chi connectivity index (χ2v) is 38.7. The second kappa shape index (κ2) is 26.7. The first-order valence-corrected chi connectivity index (χ1v) is 35.0. The van der Waals surface area contributed by atoms with Gasteiger partial charge in [-0.2, -0.15) is 0 Å². The molecule has 0 bridgehead atoms. The molecule has 1 aliphatic heterocycles. The van der Waals surface area contributed by atoms with Crippen molar-refractivity contribution in [3.63, 3.8) is 0 Å². The molecule has 2 radical (unpaired) electrons. The van der Waals surface area contributed by atoms with Crippen molar-refractivity contribution in [2.75, 3.05) is 6.26 Å². The van der Waals surface area contributed by atoms with Crippen LogP contribution in [0.1, 0.15) is 195 Å². The molecule has 2 atom stereocenters. The number of thiophene rings is 1. The molecule has 2 unspecified atom stereocenters. The fourth-order valence-electron chi connectivity index (χ4n) is 8.20. The van der Waals surface area contributed by atoms with E-state index in [0.29, 0.717) is 0 Å². The zero-order valence-corrected chi connectivity index (χ0v) is 43.2. The molecule has 0 amide bonds. The van der Waals surface area contributed by atoms with Crippen molar-refractivity contribution < 1.29 is 4.74 Å². The molecule has 2 heterocycles. The first-order chi connectivity index (χ1) is 24.5. The average Bonchev–Trinajstić information content (AvgIpc) is 3.52. The summed E-state index contributed by atoms with van der Waals surface area (Å²) in [6.07, 6.45) is 31.6. The Kier molecular flexibility index (Phi) is 25.2. The van der Waals surface area contributed by atoms with E-state index in [1.54, 1.807) is 13.3 Å². The van der Waals surface area contributed by atoms with Gasteiger partial charge in [-0.05, 0) is 0 Å². The molecule has 0 saturated carbocycles. The Morgan fingerprint density at radius 3 is 1.71 bits per heavy atom. The molecule has 1 aromatic heterocycles. The molecule has 294 valence electrons. The van der Waals surface area contributed by atoms with Crippen LogP contribution in [-0.4, -0.2) is 45.8 Å². The monoisotopic (exact) mass is 956 g/mol. The van der Waals surface area contributed by atoms with Gasteiger partial charge >= 0.3 is 346 Å². The topological polar surface area (TPSA) is 9.23 Å². The van der Waals surface area contributed by atoms with Crippen molar-refractivity contribution >= 4 is 71.6 Å². The summed E-state index contributed by atoms with van der Waals surface area (Å²) in [7, 11) is 0. The number of thioether (sulfide) groups is 1. The van der Waals surface area contributed by atoms with Crippen molar-refractivity contribution in [1.29, 1.82) is 0 Å². The van der Waals surface area contributed by atoms with E-state index < -0.39 is 39.5 Å². The van der Waals surface area contributed by atoms with Crippen molar-refractivity contribution in [3.05, 3.63) is 31.3 Å². The minimum atomic E-state index is -2.61. The summed E-state index contributed by atoms with van der Waals surface area (Å²) in [6.45, 7) is 24.2. The van der Waals surface area contributed by atoms with E-state index in [4.69, 9.17) is 4.74 Å². The van der Waals surface area contributed by atoms with E-state index in [-0.39, 0.29) is 5.60 Å². The first kappa shape index (κ1) is 48.1. The van der Waals surface area contributed by atoms with Crippen molar-refractivity contribution in [2.45, 2.75) is 208 Å². The molecule has 0 fully saturated rings. The Morgan fingerprint density at radius 1 is 0.745 bits per heavy atom. The SMILES string of the molecule is CCC[CH2][Sn][c]1cc2c(s1)C=C(/C=[C](\SC)[Sn]([CH2]CCC)([CH2]CCC)[CH2]CCC)OC2(CCC(C)CCCC(C)C)CCC(C)CCCC(C)C. The van der Waals surface area contributed by atoms with Gasteiger partial charge in [0.25, 0.3) is 0 Å². The van der Waals surface area contributed by atoms with Gasteiger partial charge in [0.2, 0.25) is 0 Å². The normalized spacial score (nSPS) is 17.9. The van der Waals surface area contributed by atoms with Gasteiger partial charge in [0.15, 0.2) is 0 Å². The standard InChI is InChI=1S/C30H48OS2.4C4H9.2Sn/c1-23(2)10-8-12-25(5)14-18-30(19-15-26(6)13-9-11-24(3)4)28-17-21-33-29(28)22-27(31-30)16-20-32-7;4*1-3-4-2;;/h16-17,22-26H,8-15,18-19H2,1-7H3;4*1,3-4H2,2H3;;. The first-order valence-electron chi connectivity index (χ1n) is 22.0. The van der Waals surface area contributed by atoms with Crippen LogP contribution < -0.4 is 2.89 Å². The summed E-state index contributed by atoms with van der Waals surface area (Å²) in [5.41, 5.74) is 1.41. The molecule has 2 rings (SSSR count). The predicted octanol–water partition coefficient (Wildman–Crippen LogP) is 16.0. The molecule has 51 heavy (non-hydrogen) atoms. The summed E-state index contributed by atoms with van der Waals surface area (Å²) in [5.74, 6) is 4.35. The van der Waals surface area contributed by atoms with Gasteiger partial charge in [-0.25, -0.2) is 0 Å². The summed E-state index contributed by atoms with van der Waals surface area (Å²) in [6, 6.07) is 2.70. The quantitative estimate of drug-likeness (QED) is 0.0561. The van der Waals surface area contributed by atoms with Gasteiger partial charge in [0.1, 0.15) is 0 Å². The summed E-state index contributed by atoms with van der Waals surface area (Å²) in [5, 5.41) is 0. The molecule has 1 aromatic rings. The van der Waals surface area contributed by atoms with Crippen LogP contribution in [0.25, 0.3) is 6.08 Å². The number of fused-ring (bicyclic) bond motifs is 1. The van der Waals surface area contributed by atoms with Crippen LogP contribution in [0, 0.1) is 23.7 Å². The number of rotatable bonds is 30. The predicted molar refractivity (Wildman–Crippen MR) is 241 cm³/mol. The number of hydrogen-bond acceptors (Lipinski definition) is 3. The fourth-order valence-corrected chi connectivity index (χ4v) is 35.2. The van der Waals surface area contributed by atoms with E-state index >= 15 is 0 Å². The van der Waals surface area contributed by atoms with Crippen LogP contribution in [0.4, 0.5) is 0 Å². The van der Waals surface area contributed by atoms with Gasteiger partial charge in [-0.15, -0.1) is 0 Å². The number of hydrogen-bond donors (Lipinski definition) is 0. The molecule has 1 aliphatic rings. The number of unbranched alkanes of at least 4 members (excludes halogenated alkanes) is 4. The second-order valence-electron chi connectivity index (χ2n) is 17.6. The maximum atomic E-state index is 7.70. The molecular weight excluding hydrogens is 870 g/mol. The maximum absolute atomic E-state index is 7.70. The van der Waals surface area contributed by atoms with E-state index in [0.717, 1.165) is 23.7 Å². The van der Waals surface area contributed by atoms with Gasteiger partial charge in [-0.3, -0.25) is 0 Å². The van der Waals surface area contributed by atoms with Crippen LogP contribution in [-0.2, 0) is 10.3 Å². The molecule has 0 N–H and O–H groups in total. The molecule has 1 nitrogen and oxygen atoms in total. The number of allylic oxidation sites excluding steroid dienone is 1. The molecule has 0 aliphatic carbocycles. The van der Waals surface area contributed by atoms with Crippen LogP contribution in [0.3, 0.4) is 0 Å². The summed E-state index contributed by atoms with van der Waals surface area (Å²) in [4.78, 5) is 1.57. The van der Waals surface area contributed by atoms with Gasteiger partial charge in [0.05, 0.1) is 0 Å². The zero-order chi connectivity index (χ0) is 37.7. The van der Waals surface area contributed by atoms with Crippen LogP contribution >= 0.6 is 23.1 Å². The van der Waals surface area contributed by atoms with Gasteiger partial charge in [-0.1, -0.05) is 0 Å². The van der Waals surface area contributed by atoms with Crippen molar-refractivity contribution in [1.82, 2.24) is 0 Å². The van der Waals surface area contributed by atoms with E-state index in [1.807, 2.05) is 2.92 Å². The van der Waals surface area contributed by atoms with E-state index in [2.05, 4.69) is 117 Å². The third-order valence-electron chi connectivity index (χ3n) is 11.7. The molecular formula is C46H84OS2Sn2. The minimum absolute atomic E-state index is 0.175. The van der Waals surface area contributed by atoms with Gasteiger partial charge in [0, 0.05) is 0 Å². The van der Waals surface area contributed by atoms with Crippen LogP contribution in [0.2, 0.25) is 17.7 Å². The van der Waals surface area contributed by atoms with Crippen molar-refractivity contribution in [2.24, 2.45) is 23.7 Å². The Hall–Kier alpha value is 0.927. The Morgan fingerprint density at radius 2 is 1.25 bits per heavy atom. The van der Waals surface area contributed by atoms with Gasteiger partial charge < -0.3 is 0 Å². The summed E-state index contributed by atoms with van der Waals surface area (Å²) >= 11 is 1.14. The molecule has 0 saturated heterocycles. The zero-order valence-electron chi connectivity index (χ0n) is 35.8. The third-order valence-corrected chi connectivity index (χ3v) is 37.4. The molecule has 5 heteroatoms. The fraction of sp³-hybridized carbons (Fsp3) is 0.826. The van der Waals surface area contributed by atoms with E-state index in [1.165, 1.54) is 139 Å². The van der Waals surface area contributed by atoms with Crippen LogP contribution in [0.15, 0.2) is 20.8 Å². The van der Waals surface area contributed by atoms with Crippen molar-refractivity contribution in [3.8, 4) is 0 Å². The Balaban J connectivity index is 2.64. The Labute approximate surface area is 342 Å². The average molecular weight is 955 g/mol. The van der Waals surface area contributed by atoms with E-state index in [9.17, 15) is 0 Å². The third kappa shape index (κ3) is 17.3. The Bertz CT molecular complexity index is 1070. The summed E-state index contributed by atoms with van der Waals surface area (Å²) < 4.78 is 17.3.